The average Bonchev–Trinajstić information content (AvgIpc) is 2.85. The molecule has 7 heteroatoms. The molecule has 0 radical (unpaired) electrons. The van der Waals surface area contributed by atoms with Crippen molar-refractivity contribution in [2.24, 2.45) is 0 Å². The van der Waals surface area contributed by atoms with E-state index in [2.05, 4.69) is 0 Å². The number of carbonyl (C=O) groups excluding carboxylic acids is 1. The third-order valence-corrected chi connectivity index (χ3v) is 6.51. The molecule has 7 nitrogen and oxygen atoms in total. The summed E-state index contributed by atoms with van der Waals surface area (Å²) in [6.45, 7) is 6.03. The molecule has 7 atom stereocenters. The lowest BCUT2D eigenvalue weighted by molar-refractivity contribution is -0.191. The molecule has 4 saturated heterocycles. The van der Waals surface area contributed by atoms with Gasteiger partial charge in [0.15, 0.2) is 0 Å². The predicted octanol–water partition coefficient (Wildman–Crippen LogP) is 2.33. The Morgan fingerprint density at radius 1 is 0.923 bits per heavy atom. The Balaban J connectivity index is 1.51. The largest absolute Gasteiger partial charge is 0.509 e. The molecule has 4 rings (SSSR count). The van der Waals surface area contributed by atoms with Crippen LogP contribution in [0.15, 0.2) is 0 Å². The van der Waals surface area contributed by atoms with Crippen LogP contribution < -0.4 is 0 Å². The van der Waals surface area contributed by atoms with Crippen molar-refractivity contribution >= 4 is 6.16 Å². The molecule has 4 heterocycles. The molecule has 0 bridgehead atoms. The van der Waals surface area contributed by atoms with Gasteiger partial charge in [0.05, 0.1) is 36.1 Å². The van der Waals surface area contributed by atoms with Crippen LogP contribution in [0.25, 0.3) is 0 Å². The van der Waals surface area contributed by atoms with E-state index in [-0.39, 0.29) is 37.1 Å². The molecule has 0 aromatic carbocycles. The molecule has 0 aromatic rings. The standard InChI is InChI=1S/C19H30O7/c1-18(2)15(20)7-6-12-14(25-18)5-4-11-13(23-12)8-9-19(3)16(24-11)10-22-17(21)26-19/h11-16,20H,4-10H2,1-3H3/t11-,12-,13+,14+,15+,16+,19-/m0/s1. The molecular formula is C19H30O7. The maximum atomic E-state index is 11.6. The molecule has 4 fully saturated rings. The third kappa shape index (κ3) is 3.35. The highest BCUT2D eigenvalue weighted by atomic mass is 16.8. The summed E-state index contributed by atoms with van der Waals surface area (Å²) in [6, 6.07) is 0. The number of hydrogen-bond acceptors (Lipinski definition) is 7. The van der Waals surface area contributed by atoms with Gasteiger partial charge in [-0.15, -0.1) is 0 Å². The van der Waals surface area contributed by atoms with Gasteiger partial charge >= 0.3 is 6.16 Å². The number of fused-ring (bicyclic) bond motifs is 3. The fourth-order valence-electron chi connectivity index (χ4n) is 4.68. The first kappa shape index (κ1) is 18.5. The van der Waals surface area contributed by atoms with Gasteiger partial charge in [0, 0.05) is 0 Å². The number of aliphatic hydroxyl groups is 1. The van der Waals surface area contributed by atoms with Crippen molar-refractivity contribution in [3.63, 3.8) is 0 Å². The summed E-state index contributed by atoms with van der Waals surface area (Å²) in [5, 5.41) is 10.3. The van der Waals surface area contributed by atoms with Gasteiger partial charge in [-0.25, -0.2) is 4.79 Å². The molecule has 0 aromatic heterocycles. The number of cyclic esters (lactones) is 1. The van der Waals surface area contributed by atoms with Gasteiger partial charge < -0.3 is 28.8 Å². The lowest BCUT2D eigenvalue weighted by Crippen LogP contribution is -2.52. The van der Waals surface area contributed by atoms with E-state index < -0.39 is 23.5 Å². The monoisotopic (exact) mass is 370 g/mol. The maximum Gasteiger partial charge on any atom is 0.509 e. The van der Waals surface area contributed by atoms with Crippen LogP contribution in [0, 0.1) is 0 Å². The Morgan fingerprint density at radius 2 is 1.58 bits per heavy atom. The first-order valence-electron chi connectivity index (χ1n) is 9.79. The Hall–Kier alpha value is -0.890. The maximum absolute atomic E-state index is 11.6. The van der Waals surface area contributed by atoms with Gasteiger partial charge in [-0.1, -0.05) is 0 Å². The summed E-state index contributed by atoms with van der Waals surface area (Å²) in [6.07, 6.45) is 2.93. The van der Waals surface area contributed by atoms with Crippen LogP contribution in [0.4, 0.5) is 4.79 Å². The number of hydrogen-bond donors (Lipinski definition) is 1. The van der Waals surface area contributed by atoms with Crippen LogP contribution in [0.3, 0.4) is 0 Å². The van der Waals surface area contributed by atoms with Gasteiger partial charge in [0.1, 0.15) is 18.3 Å². The van der Waals surface area contributed by atoms with Crippen molar-refractivity contribution in [1.29, 1.82) is 0 Å². The van der Waals surface area contributed by atoms with Gasteiger partial charge in [-0.2, -0.15) is 0 Å². The van der Waals surface area contributed by atoms with E-state index in [1.807, 2.05) is 20.8 Å². The molecule has 148 valence electrons. The number of rotatable bonds is 0. The summed E-state index contributed by atoms with van der Waals surface area (Å²) in [5.74, 6) is 0. The van der Waals surface area contributed by atoms with E-state index in [0.29, 0.717) is 12.8 Å². The zero-order chi connectivity index (χ0) is 18.5. The highest BCUT2D eigenvalue weighted by Gasteiger charge is 2.51. The van der Waals surface area contributed by atoms with Gasteiger partial charge in [-0.05, 0) is 59.3 Å². The first-order valence-corrected chi connectivity index (χ1v) is 9.79. The van der Waals surface area contributed by atoms with Crippen LogP contribution in [-0.2, 0) is 23.7 Å². The molecule has 4 aliphatic rings. The lowest BCUT2D eigenvalue weighted by Gasteiger charge is -2.38. The second-order valence-corrected chi connectivity index (χ2v) is 8.82. The van der Waals surface area contributed by atoms with Crippen molar-refractivity contribution in [2.45, 2.75) is 107 Å². The third-order valence-electron chi connectivity index (χ3n) is 6.51. The topological polar surface area (TPSA) is 83.5 Å². The lowest BCUT2D eigenvalue weighted by atomic mass is 9.92. The molecule has 0 unspecified atom stereocenters. The zero-order valence-electron chi connectivity index (χ0n) is 15.8. The van der Waals surface area contributed by atoms with Gasteiger partial charge in [0.25, 0.3) is 0 Å². The molecule has 0 aliphatic carbocycles. The highest BCUT2D eigenvalue weighted by molar-refractivity contribution is 5.61. The molecule has 0 amide bonds. The minimum absolute atomic E-state index is 0.0375. The van der Waals surface area contributed by atoms with Crippen molar-refractivity contribution in [3.8, 4) is 0 Å². The van der Waals surface area contributed by atoms with Crippen molar-refractivity contribution in [2.75, 3.05) is 6.61 Å². The van der Waals surface area contributed by atoms with Gasteiger partial charge in [0.2, 0.25) is 0 Å². The predicted molar refractivity (Wildman–Crippen MR) is 90.8 cm³/mol. The van der Waals surface area contributed by atoms with Crippen LogP contribution >= 0.6 is 0 Å². The second-order valence-electron chi connectivity index (χ2n) is 8.82. The summed E-state index contributed by atoms with van der Waals surface area (Å²) >= 11 is 0. The molecule has 26 heavy (non-hydrogen) atoms. The van der Waals surface area contributed by atoms with E-state index in [1.54, 1.807) is 0 Å². The van der Waals surface area contributed by atoms with Crippen molar-refractivity contribution in [1.82, 2.24) is 0 Å². The summed E-state index contributed by atoms with van der Waals surface area (Å²) in [4.78, 5) is 11.6. The number of carbonyl (C=O) groups is 1. The molecule has 0 saturated carbocycles. The van der Waals surface area contributed by atoms with E-state index in [0.717, 1.165) is 25.7 Å². The van der Waals surface area contributed by atoms with E-state index in [1.165, 1.54) is 0 Å². The second kappa shape index (κ2) is 6.62. The fraction of sp³-hybridized carbons (Fsp3) is 0.947. The SMILES string of the molecule is CC1(C)O[C@@H]2CC[C@@H]3O[C@@H]4COC(=O)O[C@@]4(C)CC[C@H]3O[C@H]2CC[C@H]1O. The smallest absolute Gasteiger partial charge is 0.431 e. The number of ether oxygens (including phenoxy) is 5. The van der Waals surface area contributed by atoms with Crippen molar-refractivity contribution in [3.05, 3.63) is 0 Å². The quantitative estimate of drug-likeness (QED) is 0.655. The highest BCUT2D eigenvalue weighted by Crippen LogP contribution is 2.40. The van der Waals surface area contributed by atoms with Crippen LogP contribution in [0.1, 0.15) is 59.3 Å². The molecule has 4 aliphatic heterocycles. The Labute approximate surface area is 154 Å². The van der Waals surface area contributed by atoms with Crippen LogP contribution in [0.2, 0.25) is 0 Å². The van der Waals surface area contributed by atoms with Crippen molar-refractivity contribution < 1.29 is 33.6 Å². The molecule has 0 spiro atoms. The minimum Gasteiger partial charge on any atom is -0.431 e. The Bertz CT molecular complexity index is 550. The van der Waals surface area contributed by atoms with E-state index in [9.17, 15) is 9.90 Å². The average molecular weight is 370 g/mol. The van der Waals surface area contributed by atoms with Crippen LogP contribution in [-0.4, -0.2) is 65.7 Å². The minimum atomic E-state index is -0.664. The first-order chi connectivity index (χ1) is 12.3. The summed E-state index contributed by atoms with van der Waals surface area (Å²) in [5.41, 5.74) is -1.23. The molecular weight excluding hydrogens is 340 g/mol. The zero-order valence-corrected chi connectivity index (χ0v) is 15.8. The molecule has 1 N–H and O–H groups in total. The van der Waals surface area contributed by atoms with E-state index in [4.69, 9.17) is 23.7 Å². The Kier molecular flexibility index (Phi) is 4.70. The summed E-state index contributed by atoms with van der Waals surface area (Å²) in [7, 11) is 0. The van der Waals surface area contributed by atoms with Crippen LogP contribution in [0.5, 0.6) is 0 Å². The summed E-state index contributed by atoms with van der Waals surface area (Å²) < 4.78 is 29.5. The van der Waals surface area contributed by atoms with E-state index >= 15 is 0 Å². The fourth-order valence-corrected chi connectivity index (χ4v) is 4.68. The normalized spacial score (nSPS) is 48.4. The van der Waals surface area contributed by atoms with Gasteiger partial charge in [-0.3, -0.25) is 0 Å². The Morgan fingerprint density at radius 3 is 2.38 bits per heavy atom. The number of aliphatic hydroxyl groups excluding tert-OH is 1.